The second-order valence-corrected chi connectivity index (χ2v) is 6.98. The summed E-state index contributed by atoms with van der Waals surface area (Å²) in [6.07, 6.45) is 2.05. The molecule has 144 valence electrons. The standard InChI is InChI=1S/C19H20N6O3/c1-11(18(21)27)22-13-2-3-14-15(7-13)28-5-4-24-10-16(23-19(14)24)25-9-12(8-20)6-17(25)26/h2-3,7,10-12,22H,4-6,9H2,1H3,(H2,21,27). The van der Waals surface area contributed by atoms with Crippen molar-refractivity contribution in [2.45, 2.75) is 25.9 Å². The number of hydrogen-bond acceptors (Lipinski definition) is 6. The molecule has 9 heteroatoms. The van der Waals surface area contributed by atoms with E-state index < -0.39 is 11.9 Å². The van der Waals surface area contributed by atoms with Crippen LogP contribution in [0.5, 0.6) is 5.75 Å². The number of nitrogens with zero attached hydrogens (tertiary/aromatic N) is 4. The van der Waals surface area contributed by atoms with Crippen LogP contribution in [-0.2, 0) is 16.1 Å². The van der Waals surface area contributed by atoms with Crippen molar-refractivity contribution < 1.29 is 14.3 Å². The van der Waals surface area contributed by atoms with E-state index in [2.05, 4.69) is 16.4 Å². The summed E-state index contributed by atoms with van der Waals surface area (Å²) in [5, 5.41) is 12.1. The van der Waals surface area contributed by atoms with Gasteiger partial charge in [-0.1, -0.05) is 0 Å². The molecule has 3 N–H and O–H groups in total. The Morgan fingerprint density at radius 3 is 3.04 bits per heavy atom. The van der Waals surface area contributed by atoms with Gasteiger partial charge in [-0.25, -0.2) is 4.98 Å². The number of ether oxygens (including phenoxy) is 1. The molecule has 2 unspecified atom stereocenters. The zero-order valence-electron chi connectivity index (χ0n) is 15.4. The molecule has 0 spiro atoms. The number of nitriles is 1. The van der Waals surface area contributed by atoms with E-state index in [0.717, 1.165) is 11.3 Å². The molecule has 2 aliphatic rings. The average molecular weight is 380 g/mol. The molecule has 28 heavy (non-hydrogen) atoms. The number of nitrogens with one attached hydrogen (secondary N) is 1. The van der Waals surface area contributed by atoms with Gasteiger partial charge in [0, 0.05) is 30.9 Å². The highest BCUT2D eigenvalue weighted by atomic mass is 16.5. The van der Waals surface area contributed by atoms with Gasteiger partial charge in [0.05, 0.1) is 24.1 Å². The topological polar surface area (TPSA) is 126 Å². The normalized spacial score (nSPS) is 19.1. The van der Waals surface area contributed by atoms with Crippen LogP contribution in [0.4, 0.5) is 11.5 Å². The SMILES string of the molecule is CC(Nc1ccc2c(c1)OCCn1cc(N3CC(C#N)CC3=O)nc1-2)C(N)=O. The number of imidazole rings is 1. The lowest BCUT2D eigenvalue weighted by molar-refractivity contribution is -0.118. The van der Waals surface area contributed by atoms with Crippen LogP contribution in [-0.4, -0.2) is 40.6 Å². The molecule has 3 heterocycles. The highest BCUT2D eigenvalue weighted by Gasteiger charge is 2.33. The minimum absolute atomic E-state index is 0.0868. The van der Waals surface area contributed by atoms with E-state index in [9.17, 15) is 9.59 Å². The largest absolute Gasteiger partial charge is 0.491 e. The van der Waals surface area contributed by atoms with Crippen LogP contribution in [0.3, 0.4) is 0 Å². The number of nitrogens with two attached hydrogens (primary N) is 1. The summed E-state index contributed by atoms with van der Waals surface area (Å²) < 4.78 is 7.80. The van der Waals surface area contributed by atoms with E-state index in [1.54, 1.807) is 11.8 Å². The lowest BCUT2D eigenvalue weighted by Gasteiger charge is -2.14. The number of benzene rings is 1. The molecular formula is C19H20N6O3. The van der Waals surface area contributed by atoms with Crippen LogP contribution >= 0.6 is 0 Å². The second-order valence-electron chi connectivity index (χ2n) is 6.98. The van der Waals surface area contributed by atoms with Crippen molar-refractivity contribution in [3.05, 3.63) is 24.4 Å². The maximum Gasteiger partial charge on any atom is 0.239 e. The fourth-order valence-corrected chi connectivity index (χ4v) is 3.42. The second kappa shape index (κ2) is 6.88. The van der Waals surface area contributed by atoms with E-state index in [1.807, 2.05) is 29.0 Å². The molecule has 1 saturated heterocycles. The predicted octanol–water partition coefficient (Wildman–Crippen LogP) is 1.10. The van der Waals surface area contributed by atoms with Gasteiger partial charge < -0.3 is 20.4 Å². The third-order valence-electron chi connectivity index (χ3n) is 4.97. The number of rotatable bonds is 4. The highest BCUT2D eigenvalue weighted by Crippen LogP contribution is 2.36. The Balaban J connectivity index is 1.66. The first-order valence-corrected chi connectivity index (χ1v) is 9.06. The molecule has 2 aromatic rings. The number of aromatic nitrogens is 2. The molecule has 0 radical (unpaired) electrons. The van der Waals surface area contributed by atoms with Crippen molar-refractivity contribution >= 4 is 23.3 Å². The summed E-state index contributed by atoms with van der Waals surface area (Å²) in [7, 11) is 0. The van der Waals surface area contributed by atoms with E-state index in [0.29, 0.717) is 37.1 Å². The van der Waals surface area contributed by atoms with Crippen LogP contribution < -0.4 is 20.7 Å². The van der Waals surface area contributed by atoms with Gasteiger partial charge in [0.15, 0.2) is 5.82 Å². The fraction of sp³-hybridized carbons (Fsp3) is 0.368. The quantitative estimate of drug-likeness (QED) is 0.818. The van der Waals surface area contributed by atoms with Crippen LogP contribution in [0.1, 0.15) is 13.3 Å². The van der Waals surface area contributed by atoms with Crippen molar-refractivity contribution in [3.63, 3.8) is 0 Å². The lowest BCUT2D eigenvalue weighted by atomic mass is 10.1. The first-order valence-electron chi connectivity index (χ1n) is 9.06. The Bertz CT molecular complexity index is 992. The Labute approximate surface area is 161 Å². The van der Waals surface area contributed by atoms with Crippen molar-refractivity contribution in [1.82, 2.24) is 9.55 Å². The molecule has 2 atom stereocenters. The zero-order chi connectivity index (χ0) is 19.8. The van der Waals surface area contributed by atoms with Gasteiger partial charge in [0.2, 0.25) is 11.8 Å². The molecule has 2 aliphatic heterocycles. The summed E-state index contributed by atoms with van der Waals surface area (Å²) >= 11 is 0. The predicted molar refractivity (Wildman–Crippen MR) is 102 cm³/mol. The minimum atomic E-state index is -0.508. The fourth-order valence-electron chi connectivity index (χ4n) is 3.42. The maximum atomic E-state index is 12.2. The highest BCUT2D eigenvalue weighted by molar-refractivity contribution is 5.95. The molecule has 0 saturated carbocycles. The average Bonchev–Trinajstić information content (AvgIpc) is 3.21. The molecule has 0 aliphatic carbocycles. The van der Waals surface area contributed by atoms with Crippen LogP contribution in [0.2, 0.25) is 0 Å². The first kappa shape index (κ1) is 17.9. The molecule has 1 fully saturated rings. The molecule has 2 amide bonds. The van der Waals surface area contributed by atoms with Crippen molar-refractivity contribution in [2.24, 2.45) is 11.7 Å². The molecule has 9 nitrogen and oxygen atoms in total. The third kappa shape index (κ3) is 3.13. The summed E-state index contributed by atoms with van der Waals surface area (Å²) in [6.45, 7) is 3.08. The van der Waals surface area contributed by atoms with Crippen LogP contribution in [0.25, 0.3) is 11.4 Å². The number of anilines is 2. The summed E-state index contributed by atoms with van der Waals surface area (Å²) in [5.74, 6) is 1.06. The Morgan fingerprint density at radius 2 is 2.32 bits per heavy atom. The number of hydrogen-bond donors (Lipinski definition) is 2. The van der Waals surface area contributed by atoms with E-state index in [-0.39, 0.29) is 18.2 Å². The smallest absolute Gasteiger partial charge is 0.239 e. The van der Waals surface area contributed by atoms with Gasteiger partial charge in [-0.3, -0.25) is 14.5 Å². The van der Waals surface area contributed by atoms with Gasteiger partial charge in [-0.2, -0.15) is 5.26 Å². The summed E-state index contributed by atoms with van der Waals surface area (Å²) in [6, 6.07) is 7.15. The van der Waals surface area contributed by atoms with Crippen molar-refractivity contribution in [3.8, 4) is 23.2 Å². The minimum Gasteiger partial charge on any atom is -0.491 e. The number of amides is 2. The van der Waals surface area contributed by atoms with Gasteiger partial charge >= 0.3 is 0 Å². The van der Waals surface area contributed by atoms with Crippen LogP contribution in [0, 0.1) is 17.2 Å². The van der Waals surface area contributed by atoms with Gasteiger partial charge in [0.25, 0.3) is 0 Å². The van der Waals surface area contributed by atoms with Gasteiger partial charge in [-0.05, 0) is 19.1 Å². The molecule has 1 aromatic carbocycles. The Kier molecular flexibility index (Phi) is 4.39. The molecular weight excluding hydrogens is 360 g/mol. The Morgan fingerprint density at radius 1 is 1.50 bits per heavy atom. The number of carbonyl (C=O) groups is 2. The van der Waals surface area contributed by atoms with E-state index >= 15 is 0 Å². The van der Waals surface area contributed by atoms with Crippen molar-refractivity contribution in [1.29, 1.82) is 5.26 Å². The van der Waals surface area contributed by atoms with Gasteiger partial charge in [-0.15, -0.1) is 0 Å². The maximum absolute atomic E-state index is 12.2. The molecule has 0 bridgehead atoms. The summed E-state index contributed by atoms with van der Waals surface area (Å²) in [4.78, 5) is 29.7. The monoisotopic (exact) mass is 380 g/mol. The molecule has 4 rings (SSSR count). The zero-order valence-corrected chi connectivity index (χ0v) is 15.4. The van der Waals surface area contributed by atoms with E-state index in [4.69, 9.17) is 15.7 Å². The lowest BCUT2D eigenvalue weighted by Crippen LogP contribution is -2.32. The van der Waals surface area contributed by atoms with Crippen LogP contribution in [0.15, 0.2) is 24.4 Å². The number of carbonyl (C=O) groups excluding carboxylic acids is 2. The molecule has 1 aromatic heterocycles. The first-order chi connectivity index (χ1) is 13.5. The van der Waals surface area contributed by atoms with Crippen molar-refractivity contribution in [2.75, 3.05) is 23.4 Å². The number of primary amides is 1. The van der Waals surface area contributed by atoms with E-state index in [1.165, 1.54) is 0 Å². The van der Waals surface area contributed by atoms with Gasteiger partial charge in [0.1, 0.15) is 24.2 Å². The third-order valence-corrected chi connectivity index (χ3v) is 4.97. The Hall–Kier alpha value is -3.54. The number of fused-ring (bicyclic) bond motifs is 3. The summed E-state index contributed by atoms with van der Waals surface area (Å²) in [5.41, 5.74) is 6.82.